The molecule has 3 nitrogen and oxygen atoms in total. The number of aromatic nitrogens is 2. The van der Waals surface area contributed by atoms with Gasteiger partial charge in [-0.3, -0.25) is 0 Å². The van der Waals surface area contributed by atoms with E-state index in [0.717, 1.165) is 37.8 Å². The molecule has 5 rings (SSSR count). The van der Waals surface area contributed by atoms with Crippen molar-refractivity contribution in [1.82, 2.24) is 0 Å². The molecular formula is C28H28BrN3S+2. The van der Waals surface area contributed by atoms with Gasteiger partial charge in [0.15, 0.2) is 18.6 Å². The summed E-state index contributed by atoms with van der Waals surface area (Å²) >= 11 is 5.45. The van der Waals surface area contributed by atoms with Gasteiger partial charge < -0.3 is 4.90 Å². The normalized spacial score (nSPS) is 14.2. The molecule has 5 heteroatoms. The Labute approximate surface area is 208 Å². The van der Waals surface area contributed by atoms with Crippen LogP contribution in [0.5, 0.6) is 0 Å². The lowest BCUT2D eigenvalue weighted by atomic mass is 10.1. The lowest BCUT2D eigenvalue weighted by molar-refractivity contribution is -0.697. The fraction of sp³-hybridized carbons (Fsp3) is 0.214. The summed E-state index contributed by atoms with van der Waals surface area (Å²) in [6, 6.07) is 26.0. The first-order valence-electron chi connectivity index (χ1n) is 11.5. The molecule has 33 heavy (non-hydrogen) atoms. The first-order chi connectivity index (χ1) is 16.3. The van der Waals surface area contributed by atoms with Crippen LogP contribution in [0.15, 0.2) is 101 Å². The molecule has 1 aliphatic rings. The number of benzene rings is 2. The summed E-state index contributed by atoms with van der Waals surface area (Å²) in [5.41, 5.74) is 3.89. The zero-order valence-corrected chi connectivity index (χ0v) is 21.0. The molecule has 0 unspecified atom stereocenters. The summed E-state index contributed by atoms with van der Waals surface area (Å²) < 4.78 is 4.62. The van der Waals surface area contributed by atoms with E-state index < -0.39 is 0 Å². The Kier molecular flexibility index (Phi) is 7.08. The van der Waals surface area contributed by atoms with Crippen LogP contribution in [-0.4, -0.2) is 11.9 Å². The van der Waals surface area contributed by atoms with Gasteiger partial charge in [-0.25, -0.2) is 4.57 Å². The first-order valence-corrected chi connectivity index (χ1v) is 13.4. The van der Waals surface area contributed by atoms with E-state index in [0.29, 0.717) is 0 Å². The number of rotatable bonds is 8. The Bertz CT molecular complexity index is 1270. The van der Waals surface area contributed by atoms with Crippen LogP contribution in [0.3, 0.4) is 0 Å². The highest BCUT2D eigenvalue weighted by atomic mass is 79.9. The van der Waals surface area contributed by atoms with E-state index in [2.05, 4.69) is 127 Å². The van der Waals surface area contributed by atoms with Gasteiger partial charge in [0, 0.05) is 53.9 Å². The highest BCUT2D eigenvalue weighted by Gasteiger charge is 2.25. The summed E-state index contributed by atoms with van der Waals surface area (Å²) in [4.78, 5) is 3.83. The number of pyridine rings is 2. The van der Waals surface area contributed by atoms with Crippen LogP contribution in [0.2, 0.25) is 0 Å². The summed E-state index contributed by atoms with van der Waals surface area (Å²) in [5, 5.41) is 3.63. The molecule has 166 valence electrons. The van der Waals surface area contributed by atoms with E-state index in [1.807, 2.05) is 11.8 Å². The smallest absolute Gasteiger partial charge is 0.213 e. The Balaban J connectivity index is 1.45. The SMILES string of the molecule is BrCCC[n+]1ccc(/C=C2\Sc3ccccc3N2CCC[n+]2ccccc2)c2ccccc21. The van der Waals surface area contributed by atoms with Crippen molar-refractivity contribution in [1.29, 1.82) is 0 Å². The number of halogens is 1. The lowest BCUT2D eigenvalue weighted by Gasteiger charge is -2.20. The minimum absolute atomic E-state index is 0.994. The topological polar surface area (TPSA) is 11.0 Å². The zero-order valence-electron chi connectivity index (χ0n) is 18.6. The van der Waals surface area contributed by atoms with Crippen molar-refractivity contribution in [3.8, 4) is 0 Å². The maximum absolute atomic E-state index is 3.57. The van der Waals surface area contributed by atoms with E-state index in [-0.39, 0.29) is 0 Å². The second-order valence-corrected chi connectivity index (χ2v) is 10.1. The third-order valence-electron chi connectivity index (χ3n) is 5.98. The summed E-state index contributed by atoms with van der Waals surface area (Å²) in [6.07, 6.45) is 11.1. The van der Waals surface area contributed by atoms with E-state index >= 15 is 0 Å². The average Bonchev–Trinajstić information content (AvgIpc) is 3.21. The van der Waals surface area contributed by atoms with Crippen LogP contribution in [0, 0.1) is 0 Å². The minimum Gasteiger partial charge on any atom is -0.335 e. The predicted octanol–water partition coefficient (Wildman–Crippen LogP) is 6.20. The van der Waals surface area contributed by atoms with Crippen LogP contribution in [0.1, 0.15) is 18.4 Å². The molecule has 0 fully saturated rings. The molecule has 0 amide bonds. The molecule has 0 atom stereocenters. The fourth-order valence-corrected chi connectivity index (χ4v) is 5.77. The van der Waals surface area contributed by atoms with Crippen molar-refractivity contribution in [3.05, 3.63) is 102 Å². The monoisotopic (exact) mass is 517 g/mol. The average molecular weight is 519 g/mol. The molecule has 1 aliphatic heterocycles. The first kappa shape index (κ1) is 22.2. The Morgan fingerprint density at radius 3 is 2.52 bits per heavy atom. The minimum atomic E-state index is 0.994. The van der Waals surface area contributed by atoms with Gasteiger partial charge in [-0.2, -0.15) is 4.57 Å². The van der Waals surface area contributed by atoms with Crippen molar-refractivity contribution in [2.75, 3.05) is 16.8 Å². The van der Waals surface area contributed by atoms with E-state index in [9.17, 15) is 0 Å². The van der Waals surface area contributed by atoms with Gasteiger partial charge in [-0.05, 0) is 29.8 Å². The molecule has 0 saturated heterocycles. The zero-order chi connectivity index (χ0) is 22.5. The highest BCUT2D eigenvalue weighted by Crippen LogP contribution is 2.46. The number of nitrogens with zero attached hydrogens (tertiary/aromatic N) is 3. The second-order valence-electron chi connectivity index (χ2n) is 8.20. The Hall–Kier alpha value is -2.63. The third kappa shape index (κ3) is 4.99. The molecule has 2 aromatic heterocycles. The number of alkyl halides is 1. The van der Waals surface area contributed by atoms with Crippen molar-refractivity contribution in [2.45, 2.75) is 30.8 Å². The molecule has 0 spiro atoms. The summed E-state index contributed by atoms with van der Waals surface area (Å²) in [7, 11) is 0. The van der Waals surface area contributed by atoms with Crippen molar-refractivity contribution >= 4 is 50.4 Å². The maximum Gasteiger partial charge on any atom is 0.213 e. The second kappa shape index (κ2) is 10.5. The van der Waals surface area contributed by atoms with Gasteiger partial charge in [0.2, 0.25) is 5.52 Å². The van der Waals surface area contributed by atoms with Crippen LogP contribution in [0.4, 0.5) is 5.69 Å². The van der Waals surface area contributed by atoms with Crippen molar-refractivity contribution < 1.29 is 9.13 Å². The van der Waals surface area contributed by atoms with Gasteiger partial charge in [0.1, 0.15) is 13.1 Å². The number of anilines is 1. The summed E-state index contributed by atoms with van der Waals surface area (Å²) in [5.74, 6) is 0. The number of hydrogen-bond acceptors (Lipinski definition) is 2. The van der Waals surface area contributed by atoms with Crippen LogP contribution in [-0.2, 0) is 13.1 Å². The highest BCUT2D eigenvalue weighted by molar-refractivity contribution is 9.09. The van der Waals surface area contributed by atoms with E-state index in [4.69, 9.17) is 0 Å². The summed E-state index contributed by atoms with van der Waals surface area (Å²) in [6.45, 7) is 3.03. The van der Waals surface area contributed by atoms with Crippen LogP contribution < -0.4 is 14.0 Å². The number of aryl methyl sites for hydroxylation is 2. The lowest BCUT2D eigenvalue weighted by Crippen LogP contribution is -2.34. The van der Waals surface area contributed by atoms with Gasteiger partial charge in [-0.15, -0.1) is 0 Å². The molecule has 0 N–H and O–H groups in total. The molecule has 0 bridgehead atoms. The van der Waals surface area contributed by atoms with Crippen molar-refractivity contribution in [3.63, 3.8) is 0 Å². The van der Waals surface area contributed by atoms with E-state index in [1.165, 1.54) is 32.1 Å². The van der Waals surface area contributed by atoms with Crippen LogP contribution in [0.25, 0.3) is 17.0 Å². The van der Waals surface area contributed by atoms with Gasteiger partial charge >= 0.3 is 0 Å². The number of fused-ring (bicyclic) bond motifs is 2. The van der Waals surface area contributed by atoms with Gasteiger partial charge in [0.25, 0.3) is 0 Å². The molecular weight excluding hydrogens is 490 g/mol. The largest absolute Gasteiger partial charge is 0.335 e. The molecule has 0 radical (unpaired) electrons. The predicted molar refractivity (Wildman–Crippen MR) is 141 cm³/mol. The molecule has 2 aromatic carbocycles. The Morgan fingerprint density at radius 2 is 1.64 bits per heavy atom. The molecule has 4 aromatic rings. The molecule has 0 saturated carbocycles. The van der Waals surface area contributed by atoms with Crippen molar-refractivity contribution in [2.24, 2.45) is 0 Å². The number of thioether (sulfide) groups is 1. The standard InChI is InChI=1S/C28H28BrN3S/c29-15-8-19-31-21-14-23(24-10-2-3-11-25(24)31)22-28-32(26-12-4-5-13-27(26)33-28)20-9-18-30-16-6-1-7-17-30/h1-7,10-14,16-17,21-22H,8-9,15,18-20H2/q+2. The Morgan fingerprint density at radius 1 is 0.818 bits per heavy atom. The van der Waals surface area contributed by atoms with Gasteiger partial charge in [0.05, 0.1) is 16.1 Å². The fourth-order valence-electron chi connectivity index (χ4n) is 4.38. The molecule has 0 aliphatic carbocycles. The third-order valence-corrected chi connectivity index (χ3v) is 7.66. The maximum atomic E-state index is 3.57. The number of para-hydroxylation sites is 2. The number of hydrogen-bond donors (Lipinski definition) is 0. The van der Waals surface area contributed by atoms with Crippen LogP contribution >= 0.6 is 27.7 Å². The van der Waals surface area contributed by atoms with E-state index in [1.54, 1.807) is 0 Å². The van der Waals surface area contributed by atoms with Gasteiger partial charge in [-0.1, -0.05) is 58.0 Å². The molecule has 3 heterocycles. The quantitative estimate of drug-likeness (QED) is 0.203.